The third kappa shape index (κ3) is 4.20. The first-order valence-electron chi connectivity index (χ1n) is 7.59. The van der Waals surface area contributed by atoms with Crippen molar-refractivity contribution in [2.24, 2.45) is 5.92 Å². The van der Waals surface area contributed by atoms with Crippen molar-refractivity contribution in [1.29, 1.82) is 0 Å². The molecule has 2 aliphatic rings. The van der Waals surface area contributed by atoms with Crippen LogP contribution in [0.25, 0.3) is 0 Å². The molecule has 2 aliphatic heterocycles. The predicted molar refractivity (Wildman–Crippen MR) is 83.2 cm³/mol. The van der Waals surface area contributed by atoms with Crippen molar-refractivity contribution in [2.75, 3.05) is 26.7 Å². The molecule has 1 saturated heterocycles. The molecule has 3 N–H and O–H groups in total. The standard InChI is InChI=1S/C16H27N3O/c1-13-3-4-14(16(20)17-2)8-12-19(11-7-13)15-5-9-18-10-6-15/h3-4,7-8,11,13,15-18,20H,5-6,9-10,12H2,1-2H3/b4-3-,11-7-,14-8+. The summed E-state index contributed by atoms with van der Waals surface area (Å²) in [7, 11) is 1.78. The number of likely N-dealkylation sites (N-methyl/N-ethyl adjacent to an activating group) is 1. The minimum absolute atomic E-state index is 0.379. The largest absolute Gasteiger partial charge is 0.374 e. The second kappa shape index (κ2) is 7.62. The van der Waals surface area contributed by atoms with E-state index in [1.165, 1.54) is 12.8 Å². The number of rotatable bonds is 3. The lowest BCUT2D eigenvalue weighted by Gasteiger charge is -2.33. The normalized spacial score (nSPS) is 32.5. The number of piperidine rings is 1. The van der Waals surface area contributed by atoms with Crippen LogP contribution in [-0.4, -0.2) is 49.0 Å². The van der Waals surface area contributed by atoms with E-state index >= 15 is 0 Å². The Morgan fingerprint density at radius 1 is 1.35 bits per heavy atom. The SMILES string of the molecule is CNC(O)C1=C/CN(C2CCNCC2)/C=C\C(C)/C=C\1. The van der Waals surface area contributed by atoms with Gasteiger partial charge in [-0.05, 0) is 50.7 Å². The zero-order valence-electron chi connectivity index (χ0n) is 12.5. The molecule has 0 radical (unpaired) electrons. The molecule has 0 spiro atoms. The minimum Gasteiger partial charge on any atom is -0.374 e. The zero-order valence-corrected chi connectivity index (χ0v) is 12.5. The Hall–Kier alpha value is -1.10. The highest BCUT2D eigenvalue weighted by molar-refractivity contribution is 5.25. The average Bonchev–Trinajstić information content (AvgIpc) is 2.58. The van der Waals surface area contributed by atoms with Crippen molar-refractivity contribution in [3.63, 3.8) is 0 Å². The van der Waals surface area contributed by atoms with Gasteiger partial charge in [-0.1, -0.05) is 31.2 Å². The van der Waals surface area contributed by atoms with Crippen LogP contribution >= 0.6 is 0 Å². The van der Waals surface area contributed by atoms with Crippen molar-refractivity contribution >= 4 is 0 Å². The van der Waals surface area contributed by atoms with E-state index in [1.54, 1.807) is 7.05 Å². The minimum atomic E-state index is -0.591. The van der Waals surface area contributed by atoms with Gasteiger partial charge in [0.1, 0.15) is 6.23 Å². The number of aliphatic hydroxyl groups excluding tert-OH is 1. The summed E-state index contributed by atoms with van der Waals surface area (Å²) in [6.07, 6.45) is 12.5. The molecule has 20 heavy (non-hydrogen) atoms. The van der Waals surface area contributed by atoms with Crippen LogP contribution in [0, 0.1) is 5.92 Å². The van der Waals surface area contributed by atoms with Gasteiger partial charge in [-0.2, -0.15) is 0 Å². The van der Waals surface area contributed by atoms with Gasteiger partial charge in [0.15, 0.2) is 0 Å². The van der Waals surface area contributed by atoms with E-state index < -0.39 is 6.23 Å². The summed E-state index contributed by atoms with van der Waals surface area (Å²) >= 11 is 0. The van der Waals surface area contributed by atoms with E-state index in [0.717, 1.165) is 25.2 Å². The van der Waals surface area contributed by atoms with Crippen molar-refractivity contribution in [3.05, 3.63) is 36.1 Å². The molecule has 112 valence electrons. The number of aliphatic hydroxyl groups is 1. The van der Waals surface area contributed by atoms with E-state index in [1.807, 2.05) is 6.08 Å². The van der Waals surface area contributed by atoms with Crippen LogP contribution in [0.4, 0.5) is 0 Å². The highest BCUT2D eigenvalue weighted by Crippen LogP contribution is 2.16. The van der Waals surface area contributed by atoms with Crippen LogP contribution in [0.1, 0.15) is 19.8 Å². The summed E-state index contributed by atoms with van der Waals surface area (Å²) in [6, 6.07) is 0.599. The summed E-state index contributed by atoms with van der Waals surface area (Å²) in [6.45, 7) is 5.21. The van der Waals surface area contributed by atoms with Gasteiger partial charge in [0, 0.05) is 12.6 Å². The Labute approximate surface area is 122 Å². The molecule has 0 amide bonds. The number of nitrogens with zero attached hydrogens (tertiary/aromatic N) is 1. The van der Waals surface area contributed by atoms with E-state index in [9.17, 15) is 5.11 Å². The summed E-state index contributed by atoms with van der Waals surface area (Å²) in [5.74, 6) is 0.379. The van der Waals surface area contributed by atoms with Gasteiger partial charge in [-0.25, -0.2) is 0 Å². The molecular formula is C16H27N3O. The van der Waals surface area contributed by atoms with Gasteiger partial charge in [0.05, 0.1) is 0 Å². The Morgan fingerprint density at radius 2 is 2.10 bits per heavy atom. The van der Waals surface area contributed by atoms with Gasteiger partial charge in [0.2, 0.25) is 0 Å². The van der Waals surface area contributed by atoms with E-state index in [2.05, 4.69) is 46.9 Å². The van der Waals surface area contributed by atoms with E-state index in [-0.39, 0.29) is 0 Å². The lowest BCUT2D eigenvalue weighted by molar-refractivity contribution is 0.185. The highest BCUT2D eigenvalue weighted by Gasteiger charge is 2.18. The smallest absolute Gasteiger partial charge is 0.130 e. The molecule has 0 bridgehead atoms. The molecule has 1 fully saturated rings. The van der Waals surface area contributed by atoms with Crippen LogP contribution in [0.3, 0.4) is 0 Å². The molecule has 0 aromatic carbocycles. The molecule has 4 heteroatoms. The molecule has 2 unspecified atom stereocenters. The Kier molecular flexibility index (Phi) is 5.83. The highest BCUT2D eigenvalue weighted by atomic mass is 16.3. The van der Waals surface area contributed by atoms with Gasteiger partial charge in [-0.15, -0.1) is 0 Å². The van der Waals surface area contributed by atoms with Crippen LogP contribution in [0.5, 0.6) is 0 Å². The van der Waals surface area contributed by atoms with E-state index in [4.69, 9.17) is 0 Å². The average molecular weight is 277 g/mol. The first kappa shape index (κ1) is 15.3. The third-order valence-corrected chi connectivity index (χ3v) is 4.08. The van der Waals surface area contributed by atoms with Crippen LogP contribution < -0.4 is 10.6 Å². The van der Waals surface area contributed by atoms with Crippen LogP contribution in [0.2, 0.25) is 0 Å². The molecule has 0 aliphatic carbocycles. The maximum Gasteiger partial charge on any atom is 0.130 e. The lowest BCUT2D eigenvalue weighted by atomic mass is 10.0. The molecular weight excluding hydrogens is 250 g/mol. The fourth-order valence-corrected chi connectivity index (χ4v) is 2.69. The van der Waals surface area contributed by atoms with E-state index in [0.29, 0.717) is 12.0 Å². The van der Waals surface area contributed by atoms with Crippen molar-refractivity contribution in [2.45, 2.75) is 32.0 Å². The topological polar surface area (TPSA) is 47.5 Å². The first-order valence-corrected chi connectivity index (χ1v) is 7.59. The molecule has 2 atom stereocenters. The molecule has 2 rings (SSSR count). The molecule has 2 heterocycles. The van der Waals surface area contributed by atoms with Gasteiger partial charge < -0.3 is 15.3 Å². The monoisotopic (exact) mass is 277 g/mol. The van der Waals surface area contributed by atoms with Crippen molar-refractivity contribution in [3.8, 4) is 0 Å². The summed E-state index contributed by atoms with van der Waals surface area (Å²) < 4.78 is 0. The van der Waals surface area contributed by atoms with Gasteiger partial charge in [0.25, 0.3) is 0 Å². The molecule has 4 nitrogen and oxygen atoms in total. The summed E-state index contributed by atoms with van der Waals surface area (Å²) in [5.41, 5.74) is 0.946. The lowest BCUT2D eigenvalue weighted by Crippen LogP contribution is -2.40. The van der Waals surface area contributed by atoms with Crippen LogP contribution in [-0.2, 0) is 0 Å². The summed E-state index contributed by atoms with van der Waals surface area (Å²) in [4.78, 5) is 2.41. The van der Waals surface area contributed by atoms with Crippen molar-refractivity contribution < 1.29 is 5.11 Å². The number of hydrogen-bond donors (Lipinski definition) is 3. The fraction of sp³-hybridized carbons (Fsp3) is 0.625. The molecule has 0 aromatic rings. The second-order valence-electron chi connectivity index (χ2n) is 5.63. The maximum atomic E-state index is 9.99. The number of hydrogen-bond acceptors (Lipinski definition) is 4. The second-order valence-corrected chi connectivity index (χ2v) is 5.63. The Bertz CT molecular complexity index is 383. The van der Waals surface area contributed by atoms with Crippen LogP contribution in [0.15, 0.2) is 36.1 Å². The molecule has 0 aromatic heterocycles. The summed E-state index contributed by atoms with van der Waals surface area (Å²) in [5, 5.41) is 16.3. The van der Waals surface area contributed by atoms with Gasteiger partial charge in [-0.3, -0.25) is 5.32 Å². The Balaban J connectivity index is 2.13. The maximum absolute atomic E-state index is 9.99. The fourth-order valence-electron chi connectivity index (χ4n) is 2.69. The zero-order chi connectivity index (χ0) is 14.4. The quantitative estimate of drug-likeness (QED) is 0.679. The van der Waals surface area contributed by atoms with Gasteiger partial charge >= 0.3 is 0 Å². The number of allylic oxidation sites excluding steroid dienone is 2. The third-order valence-electron chi connectivity index (χ3n) is 4.08. The first-order chi connectivity index (χ1) is 9.70. The predicted octanol–water partition coefficient (Wildman–Crippen LogP) is 1.22. The van der Waals surface area contributed by atoms with Crippen molar-refractivity contribution in [1.82, 2.24) is 15.5 Å². The molecule has 0 saturated carbocycles. The number of nitrogens with one attached hydrogen (secondary N) is 2. The Morgan fingerprint density at radius 3 is 2.80 bits per heavy atom.